The molecule has 4 heterocycles. The Kier molecular flexibility index (Phi) is 8.27. The van der Waals surface area contributed by atoms with Crippen molar-refractivity contribution in [1.29, 1.82) is 5.41 Å². The van der Waals surface area contributed by atoms with Crippen LogP contribution in [0.5, 0.6) is 11.5 Å². The Hall–Kier alpha value is -4.30. The van der Waals surface area contributed by atoms with Gasteiger partial charge < -0.3 is 40.3 Å². The average Bonchev–Trinajstić information content (AvgIpc) is 3.53. The number of imidazole rings is 1. The van der Waals surface area contributed by atoms with Crippen LogP contribution >= 0.6 is 11.6 Å². The number of benzene rings is 1. The second-order valence-corrected chi connectivity index (χ2v) is 10.1. The number of fused-ring (bicyclic) bond motifs is 1. The zero-order chi connectivity index (χ0) is 30.0. The van der Waals surface area contributed by atoms with Gasteiger partial charge in [-0.3, -0.25) is 0 Å². The van der Waals surface area contributed by atoms with Crippen molar-refractivity contribution < 1.29 is 22.6 Å². The fraction of sp³-hybridized carbons (Fsp3) is 0.333. The number of rotatable bonds is 9. The van der Waals surface area contributed by atoms with Gasteiger partial charge in [-0.05, 0) is 38.6 Å². The minimum absolute atomic E-state index is 0.0991. The smallest absolute Gasteiger partial charge is 0.416 e. The number of pyridine rings is 1. The Bertz CT molecular complexity index is 1600. The van der Waals surface area contributed by atoms with E-state index in [1.165, 1.54) is 18.5 Å². The monoisotopic (exact) mass is 603 g/mol. The van der Waals surface area contributed by atoms with Crippen LogP contribution < -0.4 is 25.4 Å². The number of hydrogen-bond donors (Lipinski definition) is 4. The van der Waals surface area contributed by atoms with Crippen LogP contribution in [0.25, 0.3) is 11.2 Å². The topological polar surface area (TPSA) is 125 Å². The molecule has 2 aliphatic rings. The number of aromatic nitrogens is 3. The molecule has 1 fully saturated rings. The molecule has 0 unspecified atom stereocenters. The van der Waals surface area contributed by atoms with Gasteiger partial charge in [0.25, 0.3) is 0 Å². The number of aliphatic imine (C=N–C) groups is 1. The summed E-state index contributed by atoms with van der Waals surface area (Å²) in [7, 11) is 5.34. The average molecular weight is 604 g/mol. The van der Waals surface area contributed by atoms with Gasteiger partial charge in [-0.1, -0.05) is 11.6 Å². The summed E-state index contributed by atoms with van der Waals surface area (Å²) < 4.78 is 54.5. The van der Waals surface area contributed by atoms with Crippen LogP contribution in [0.15, 0.2) is 52.9 Å². The van der Waals surface area contributed by atoms with Gasteiger partial charge in [-0.15, -0.1) is 0 Å². The molecule has 0 saturated carbocycles. The molecule has 11 nitrogen and oxygen atoms in total. The Morgan fingerprint density at radius 1 is 1.29 bits per heavy atom. The molecule has 2 aliphatic heterocycles. The van der Waals surface area contributed by atoms with E-state index in [1.54, 1.807) is 24.9 Å². The van der Waals surface area contributed by atoms with E-state index in [4.69, 9.17) is 26.5 Å². The molecule has 42 heavy (non-hydrogen) atoms. The zero-order valence-electron chi connectivity index (χ0n) is 23.0. The fourth-order valence-corrected chi connectivity index (χ4v) is 4.93. The summed E-state index contributed by atoms with van der Waals surface area (Å²) in [5, 5.41) is 16.8. The summed E-state index contributed by atoms with van der Waals surface area (Å²) in [5.74, 6) is 1.18. The van der Waals surface area contributed by atoms with Gasteiger partial charge >= 0.3 is 6.18 Å². The minimum Gasteiger partial charge on any atom is -0.492 e. The molecule has 15 heteroatoms. The second-order valence-electron chi connectivity index (χ2n) is 9.77. The number of likely N-dealkylation sites (tertiary alicyclic amines) is 1. The van der Waals surface area contributed by atoms with Crippen molar-refractivity contribution >= 4 is 46.8 Å². The Labute approximate surface area is 244 Å². The second kappa shape index (κ2) is 11.9. The van der Waals surface area contributed by atoms with Gasteiger partial charge in [-0.25, -0.2) is 9.98 Å². The van der Waals surface area contributed by atoms with E-state index in [-0.39, 0.29) is 52.2 Å². The fourth-order valence-electron chi connectivity index (χ4n) is 4.63. The summed E-state index contributed by atoms with van der Waals surface area (Å²) in [5.41, 5.74) is 0.332. The predicted molar refractivity (Wildman–Crippen MR) is 155 cm³/mol. The van der Waals surface area contributed by atoms with E-state index >= 15 is 0 Å². The van der Waals surface area contributed by atoms with Crippen molar-refractivity contribution in [3.63, 3.8) is 0 Å². The molecule has 5 rings (SSSR count). The number of nitrogens with zero attached hydrogens (tertiary/aromatic N) is 5. The molecular weight excluding hydrogens is 575 g/mol. The highest BCUT2D eigenvalue weighted by Crippen LogP contribution is 2.37. The highest BCUT2D eigenvalue weighted by molar-refractivity contribution is 6.36. The third kappa shape index (κ3) is 6.14. The Morgan fingerprint density at radius 2 is 2.10 bits per heavy atom. The number of nitrogens with one attached hydrogen (secondary N) is 4. The van der Waals surface area contributed by atoms with E-state index in [2.05, 4.69) is 35.8 Å². The van der Waals surface area contributed by atoms with Crippen LogP contribution in [0.4, 0.5) is 24.8 Å². The van der Waals surface area contributed by atoms with Crippen molar-refractivity contribution in [3.05, 3.63) is 58.5 Å². The van der Waals surface area contributed by atoms with E-state index < -0.39 is 11.7 Å². The number of aryl methyl sites for hydroxylation is 1. The summed E-state index contributed by atoms with van der Waals surface area (Å²) in [6.45, 7) is 1.22. The van der Waals surface area contributed by atoms with Crippen LogP contribution in [-0.2, 0) is 13.2 Å². The first-order chi connectivity index (χ1) is 20.1. The van der Waals surface area contributed by atoms with E-state index in [0.717, 1.165) is 37.7 Å². The summed E-state index contributed by atoms with van der Waals surface area (Å²) >= 11 is 6.67. The molecule has 0 bridgehead atoms. The molecule has 3 aromatic rings. The molecule has 0 radical (unpaired) electrons. The maximum absolute atomic E-state index is 13.7. The molecule has 0 spiro atoms. The number of hydrogen-bond acceptors (Lipinski definition) is 10. The lowest BCUT2D eigenvalue weighted by atomic mass is 10.1. The lowest BCUT2D eigenvalue weighted by Gasteiger charge is -2.20. The number of alkyl halides is 3. The first-order valence-electron chi connectivity index (χ1n) is 13.0. The van der Waals surface area contributed by atoms with Crippen molar-refractivity contribution in [1.82, 2.24) is 30.1 Å². The normalized spacial score (nSPS) is 18.5. The summed E-state index contributed by atoms with van der Waals surface area (Å²) in [4.78, 5) is 15.1. The van der Waals surface area contributed by atoms with Gasteiger partial charge in [0.05, 0.1) is 24.2 Å². The van der Waals surface area contributed by atoms with Gasteiger partial charge in [0.2, 0.25) is 5.95 Å². The van der Waals surface area contributed by atoms with Gasteiger partial charge in [0.1, 0.15) is 34.4 Å². The van der Waals surface area contributed by atoms with Gasteiger partial charge in [0.15, 0.2) is 17.2 Å². The first-order valence-corrected chi connectivity index (χ1v) is 13.4. The van der Waals surface area contributed by atoms with E-state index in [9.17, 15) is 13.2 Å². The molecule has 1 saturated heterocycles. The molecule has 0 aliphatic carbocycles. The SMILES string of the molecule is CNC1=CN/C(=C(\C=N)Oc2cnc3nc(Nc4cc(OC[C@@H]5CCCN5C)cc(C(F)(F)F)c4)n(C)c3c2Cl)C=N1. The number of allylic oxidation sites excluding steroid dienone is 2. The van der Waals surface area contributed by atoms with Crippen molar-refractivity contribution in [3.8, 4) is 11.5 Å². The van der Waals surface area contributed by atoms with Crippen molar-refractivity contribution in [2.75, 3.05) is 32.6 Å². The minimum atomic E-state index is -4.58. The van der Waals surface area contributed by atoms with E-state index in [1.807, 2.05) is 7.05 Å². The lowest BCUT2D eigenvalue weighted by Crippen LogP contribution is -2.30. The predicted octanol–water partition coefficient (Wildman–Crippen LogP) is 4.79. The van der Waals surface area contributed by atoms with Crippen LogP contribution in [0.3, 0.4) is 0 Å². The van der Waals surface area contributed by atoms with Gasteiger partial charge in [0, 0.05) is 38.1 Å². The molecule has 4 N–H and O–H groups in total. The largest absolute Gasteiger partial charge is 0.492 e. The maximum atomic E-state index is 13.7. The Balaban J connectivity index is 1.42. The molecule has 2 aromatic heterocycles. The number of anilines is 2. The van der Waals surface area contributed by atoms with Crippen LogP contribution in [-0.4, -0.2) is 65.2 Å². The van der Waals surface area contributed by atoms with Gasteiger partial charge in [-0.2, -0.15) is 18.2 Å². The van der Waals surface area contributed by atoms with Crippen LogP contribution in [0.2, 0.25) is 5.02 Å². The maximum Gasteiger partial charge on any atom is 0.416 e. The molecule has 1 aromatic carbocycles. The quantitative estimate of drug-likeness (QED) is 0.203. The summed E-state index contributed by atoms with van der Waals surface area (Å²) in [6, 6.07) is 3.63. The van der Waals surface area contributed by atoms with Crippen molar-refractivity contribution in [2.45, 2.75) is 25.1 Å². The third-order valence-electron chi connectivity index (χ3n) is 6.98. The highest BCUT2D eigenvalue weighted by Gasteiger charge is 2.32. The van der Waals surface area contributed by atoms with E-state index in [0.29, 0.717) is 17.0 Å². The molecule has 222 valence electrons. The molecule has 0 amide bonds. The van der Waals surface area contributed by atoms with Crippen LogP contribution in [0.1, 0.15) is 18.4 Å². The number of likely N-dealkylation sites (N-methyl/N-ethyl adjacent to an activating group) is 1. The third-order valence-corrected chi connectivity index (χ3v) is 7.34. The zero-order valence-corrected chi connectivity index (χ0v) is 23.8. The number of halogens is 4. The summed E-state index contributed by atoms with van der Waals surface area (Å²) in [6.07, 6.45) is 2.84. The van der Waals surface area contributed by atoms with Crippen molar-refractivity contribution in [2.24, 2.45) is 12.0 Å². The highest BCUT2D eigenvalue weighted by atomic mass is 35.5. The standard InChI is InChI=1S/C27H29ClF3N9O2/c1-33-22-13-34-19(11-35-22)20(10-32)42-21-12-36-25-24(23(21)28)40(3)26(38-25)37-16-7-15(27(29,30)31)8-18(9-16)41-14-17-5-4-6-39(17)2/h7-13,17,32-34H,4-6,14H2,1-3H3,(H,36,37,38)/b20-19+,32-10?/t17-/m0/s1. The molecular formula is C27H29ClF3N9O2. The molecule has 1 atom stereocenters. The first kappa shape index (κ1) is 29.2. The lowest BCUT2D eigenvalue weighted by molar-refractivity contribution is -0.137. The van der Waals surface area contributed by atoms with Crippen LogP contribution in [0, 0.1) is 5.41 Å². The number of ether oxygens (including phenoxy) is 2. The Morgan fingerprint density at radius 3 is 2.74 bits per heavy atom.